The smallest absolute Gasteiger partial charge is 0.287 e. The van der Waals surface area contributed by atoms with Gasteiger partial charge in [-0.15, -0.1) is 0 Å². The van der Waals surface area contributed by atoms with Crippen LogP contribution in [0.3, 0.4) is 0 Å². The van der Waals surface area contributed by atoms with Crippen LogP contribution in [0, 0.1) is 5.92 Å². The zero-order chi connectivity index (χ0) is 16.7. The van der Waals surface area contributed by atoms with Crippen molar-refractivity contribution in [3.8, 4) is 0 Å². The van der Waals surface area contributed by atoms with E-state index in [9.17, 15) is 9.59 Å². The highest BCUT2D eigenvalue weighted by Gasteiger charge is 2.18. The van der Waals surface area contributed by atoms with Crippen LogP contribution >= 0.6 is 0 Å². The number of likely N-dealkylation sites (tertiary alicyclic amines) is 1. The van der Waals surface area contributed by atoms with Crippen LogP contribution in [0.15, 0.2) is 22.8 Å². The number of nitrogens with zero attached hydrogens (tertiary/aromatic N) is 1. The van der Waals surface area contributed by atoms with Crippen LogP contribution in [0.4, 0.5) is 0 Å². The normalized spacial score (nSPS) is 17.7. The van der Waals surface area contributed by atoms with Crippen LogP contribution < -0.4 is 10.6 Å². The van der Waals surface area contributed by atoms with E-state index in [2.05, 4.69) is 22.5 Å². The summed E-state index contributed by atoms with van der Waals surface area (Å²) in [7, 11) is 0. The highest BCUT2D eigenvalue weighted by molar-refractivity contribution is 5.95. The second-order valence-corrected chi connectivity index (χ2v) is 6.34. The summed E-state index contributed by atoms with van der Waals surface area (Å²) in [4.78, 5) is 26.2. The fourth-order valence-electron chi connectivity index (χ4n) is 2.69. The van der Waals surface area contributed by atoms with Crippen LogP contribution in [0.25, 0.3) is 0 Å². The maximum absolute atomic E-state index is 12.0. The summed E-state index contributed by atoms with van der Waals surface area (Å²) >= 11 is 0. The van der Waals surface area contributed by atoms with Gasteiger partial charge in [-0.05, 0) is 63.9 Å². The van der Waals surface area contributed by atoms with Crippen molar-refractivity contribution in [3.63, 3.8) is 0 Å². The first-order chi connectivity index (χ1) is 11.1. The molecule has 1 aliphatic rings. The third kappa shape index (κ3) is 5.71. The molecule has 0 aromatic carbocycles. The van der Waals surface area contributed by atoms with Crippen LogP contribution in [0.5, 0.6) is 0 Å². The van der Waals surface area contributed by atoms with Crippen molar-refractivity contribution in [2.24, 2.45) is 5.92 Å². The van der Waals surface area contributed by atoms with E-state index in [1.54, 1.807) is 19.1 Å². The van der Waals surface area contributed by atoms with Gasteiger partial charge in [0.25, 0.3) is 5.91 Å². The van der Waals surface area contributed by atoms with Gasteiger partial charge in [0.15, 0.2) is 5.76 Å². The highest BCUT2D eigenvalue weighted by atomic mass is 16.3. The summed E-state index contributed by atoms with van der Waals surface area (Å²) in [6.07, 6.45) is 4.89. The molecule has 2 rings (SSSR count). The molecule has 1 fully saturated rings. The highest BCUT2D eigenvalue weighted by Crippen LogP contribution is 2.15. The van der Waals surface area contributed by atoms with Gasteiger partial charge in [-0.1, -0.05) is 6.92 Å². The molecular formula is C17H27N3O3. The number of carbonyl (C=O) groups is 2. The maximum atomic E-state index is 12.0. The molecule has 2 heterocycles. The number of piperidine rings is 1. The zero-order valence-corrected chi connectivity index (χ0v) is 14.0. The zero-order valence-electron chi connectivity index (χ0n) is 14.0. The maximum Gasteiger partial charge on any atom is 0.287 e. The molecule has 0 aliphatic carbocycles. The van der Waals surface area contributed by atoms with Gasteiger partial charge >= 0.3 is 0 Å². The lowest BCUT2D eigenvalue weighted by Crippen LogP contribution is -2.45. The summed E-state index contributed by atoms with van der Waals surface area (Å²) in [5.41, 5.74) is 0. The Morgan fingerprint density at radius 2 is 2.13 bits per heavy atom. The lowest BCUT2D eigenvalue weighted by atomic mass is 9.99. The van der Waals surface area contributed by atoms with Crippen LogP contribution in [-0.4, -0.2) is 48.9 Å². The summed E-state index contributed by atoms with van der Waals surface area (Å²) in [5.74, 6) is 0.505. The Kier molecular flexibility index (Phi) is 6.65. The Bertz CT molecular complexity index is 493. The predicted octanol–water partition coefficient (Wildman–Crippen LogP) is 1.64. The van der Waals surface area contributed by atoms with Crippen LogP contribution in [0.1, 0.15) is 43.7 Å². The van der Waals surface area contributed by atoms with Crippen molar-refractivity contribution in [1.29, 1.82) is 0 Å². The number of nitrogens with one attached hydrogen (secondary N) is 2. The third-order valence-electron chi connectivity index (χ3n) is 4.31. The Morgan fingerprint density at radius 1 is 1.39 bits per heavy atom. The van der Waals surface area contributed by atoms with E-state index in [-0.39, 0.29) is 17.6 Å². The molecule has 6 heteroatoms. The fourth-order valence-corrected chi connectivity index (χ4v) is 2.69. The number of hydrogen-bond acceptors (Lipinski definition) is 4. The second kappa shape index (κ2) is 8.72. The molecule has 1 saturated heterocycles. The van der Waals surface area contributed by atoms with Gasteiger partial charge in [-0.2, -0.15) is 0 Å². The van der Waals surface area contributed by atoms with Crippen LogP contribution in [-0.2, 0) is 4.79 Å². The molecule has 0 spiro atoms. The number of amides is 2. The lowest BCUT2D eigenvalue weighted by molar-refractivity contribution is -0.122. The largest absolute Gasteiger partial charge is 0.459 e. The summed E-state index contributed by atoms with van der Waals surface area (Å²) in [6.45, 7) is 7.93. The molecule has 1 aromatic heterocycles. The molecule has 128 valence electrons. The Balaban J connectivity index is 1.59. The first-order valence-electron chi connectivity index (χ1n) is 8.40. The first-order valence-corrected chi connectivity index (χ1v) is 8.40. The van der Waals surface area contributed by atoms with Crippen molar-refractivity contribution >= 4 is 11.8 Å². The third-order valence-corrected chi connectivity index (χ3v) is 4.31. The van der Waals surface area contributed by atoms with E-state index in [0.717, 1.165) is 32.0 Å². The van der Waals surface area contributed by atoms with Gasteiger partial charge in [0.1, 0.15) is 6.04 Å². The first kappa shape index (κ1) is 17.5. The molecule has 0 saturated carbocycles. The van der Waals surface area contributed by atoms with Crippen molar-refractivity contribution in [3.05, 3.63) is 24.2 Å². The predicted molar refractivity (Wildman–Crippen MR) is 88.1 cm³/mol. The Morgan fingerprint density at radius 3 is 2.78 bits per heavy atom. The van der Waals surface area contributed by atoms with Gasteiger partial charge in [0.2, 0.25) is 5.91 Å². The van der Waals surface area contributed by atoms with Crippen molar-refractivity contribution < 1.29 is 14.0 Å². The van der Waals surface area contributed by atoms with E-state index < -0.39 is 6.04 Å². The van der Waals surface area contributed by atoms with E-state index in [1.807, 2.05) is 0 Å². The minimum atomic E-state index is -0.580. The topological polar surface area (TPSA) is 74.6 Å². The van der Waals surface area contributed by atoms with Gasteiger partial charge in [0.05, 0.1) is 6.26 Å². The number of carbonyl (C=O) groups excluding carboxylic acids is 2. The van der Waals surface area contributed by atoms with Crippen molar-refractivity contribution in [1.82, 2.24) is 15.5 Å². The van der Waals surface area contributed by atoms with Gasteiger partial charge in [-0.25, -0.2) is 0 Å². The van der Waals surface area contributed by atoms with Crippen LogP contribution in [0.2, 0.25) is 0 Å². The monoisotopic (exact) mass is 321 g/mol. The van der Waals surface area contributed by atoms with E-state index in [0.29, 0.717) is 6.54 Å². The SMILES string of the molecule is CC1CCN(CCCNC(=O)C(C)NC(=O)c2ccco2)CC1. The molecule has 1 atom stereocenters. The number of rotatable bonds is 7. The van der Waals surface area contributed by atoms with E-state index in [1.165, 1.54) is 19.1 Å². The fraction of sp³-hybridized carbons (Fsp3) is 0.647. The van der Waals surface area contributed by atoms with Gasteiger partial charge in [-0.3, -0.25) is 9.59 Å². The molecular weight excluding hydrogens is 294 g/mol. The molecule has 2 amide bonds. The minimum absolute atomic E-state index is 0.169. The average molecular weight is 321 g/mol. The number of furan rings is 1. The second-order valence-electron chi connectivity index (χ2n) is 6.34. The Labute approximate surface area is 137 Å². The molecule has 23 heavy (non-hydrogen) atoms. The minimum Gasteiger partial charge on any atom is -0.459 e. The molecule has 2 N–H and O–H groups in total. The number of hydrogen-bond donors (Lipinski definition) is 2. The molecule has 0 radical (unpaired) electrons. The summed E-state index contributed by atoms with van der Waals surface area (Å²) < 4.78 is 5.00. The van der Waals surface area contributed by atoms with Gasteiger partial charge in [0, 0.05) is 6.54 Å². The van der Waals surface area contributed by atoms with Gasteiger partial charge < -0.3 is 20.0 Å². The molecule has 1 aliphatic heterocycles. The Hall–Kier alpha value is -1.82. The summed E-state index contributed by atoms with van der Waals surface area (Å²) in [6, 6.07) is 2.63. The van der Waals surface area contributed by atoms with Crippen molar-refractivity contribution in [2.75, 3.05) is 26.2 Å². The standard InChI is InChI=1S/C17H27N3O3/c1-13-6-10-20(11-7-13)9-4-8-18-16(21)14(2)19-17(22)15-5-3-12-23-15/h3,5,12-14H,4,6-11H2,1-2H3,(H,18,21)(H,19,22). The molecule has 1 unspecified atom stereocenters. The average Bonchev–Trinajstić information content (AvgIpc) is 3.07. The van der Waals surface area contributed by atoms with E-state index >= 15 is 0 Å². The molecule has 0 bridgehead atoms. The molecule has 1 aromatic rings. The quantitative estimate of drug-likeness (QED) is 0.749. The summed E-state index contributed by atoms with van der Waals surface area (Å²) in [5, 5.41) is 5.49. The molecule has 6 nitrogen and oxygen atoms in total. The van der Waals surface area contributed by atoms with E-state index in [4.69, 9.17) is 4.42 Å². The van der Waals surface area contributed by atoms with Crippen molar-refractivity contribution in [2.45, 2.75) is 39.2 Å². The lowest BCUT2D eigenvalue weighted by Gasteiger charge is -2.30.